The van der Waals surface area contributed by atoms with Crippen LogP contribution in [0.25, 0.3) is 11.3 Å². The zero-order chi connectivity index (χ0) is 17.2. The Morgan fingerprint density at radius 3 is 2.56 bits per heavy atom. The van der Waals surface area contributed by atoms with E-state index in [2.05, 4.69) is 40.3 Å². The molecule has 0 spiro atoms. The Kier molecular flexibility index (Phi) is 4.47. The van der Waals surface area contributed by atoms with Gasteiger partial charge in [0.1, 0.15) is 5.82 Å². The number of rotatable bonds is 4. The Labute approximate surface area is 148 Å². The van der Waals surface area contributed by atoms with E-state index >= 15 is 0 Å². The largest absolute Gasteiger partial charge is 0.481 e. The van der Waals surface area contributed by atoms with E-state index in [1.807, 2.05) is 0 Å². The average molecular weight is 339 g/mol. The monoisotopic (exact) mass is 339 g/mol. The van der Waals surface area contributed by atoms with Gasteiger partial charge in [-0.1, -0.05) is 12.1 Å². The SMILES string of the molecule is O=C(O)C1CCC(Nc2ccc(-c3cn4c(n3)CCCC4)cc2)CC1. The number of nitrogens with one attached hydrogen (secondary N) is 1. The van der Waals surface area contributed by atoms with Crippen molar-refractivity contribution in [2.75, 3.05) is 5.32 Å². The lowest BCUT2D eigenvalue weighted by molar-refractivity contribution is -0.142. The number of carbonyl (C=O) groups is 1. The molecule has 4 rings (SSSR count). The summed E-state index contributed by atoms with van der Waals surface area (Å²) in [5.74, 6) is 0.400. The van der Waals surface area contributed by atoms with Gasteiger partial charge in [0.25, 0.3) is 0 Å². The van der Waals surface area contributed by atoms with E-state index in [1.54, 1.807) is 0 Å². The third-order valence-corrected chi connectivity index (χ3v) is 5.54. The van der Waals surface area contributed by atoms with Crippen molar-refractivity contribution < 1.29 is 9.90 Å². The fourth-order valence-corrected chi connectivity index (χ4v) is 4.01. The minimum Gasteiger partial charge on any atom is -0.481 e. The minimum atomic E-state index is -0.648. The van der Waals surface area contributed by atoms with Crippen LogP contribution in [0.4, 0.5) is 5.69 Å². The van der Waals surface area contributed by atoms with Crippen LogP contribution in [0.5, 0.6) is 0 Å². The minimum absolute atomic E-state index is 0.160. The van der Waals surface area contributed by atoms with Crippen LogP contribution >= 0.6 is 0 Å². The molecule has 5 nitrogen and oxygen atoms in total. The highest BCUT2D eigenvalue weighted by Crippen LogP contribution is 2.28. The number of aryl methyl sites for hydroxylation is 2. The molecule has 1 aromatic carbocycles. The number of fused-ring (bicyclic) bond motifs is 1. The summed E-state index contributed by atoms with van der Waals surface area (Å²) in [7, 11) is 0. The second-order valence-electron chi connectivity index (χ2n) is 7.30. The molecule has 1 fully saturated rings. The maximum absolute atomic E-state index is 11.0. The number of anilines is 1. The first-order valence-corrected chi connectivity index (χ1v) is 9.35. The smallest absolute Gasteiger partial charge is 0.306 e. The molecular formula is C20H25N3O2. The first kappa shape index (κ1) is 16.2. The molecule has 0 amide bonds. The fraction of sp³-hybridized carbons (Fsp3) is 0.500. The third kappa shape index (κ3) is 3.55. The van der Waals surface area contributed by atoms with Gasteiger partial charge in [-0.3, -0.25) is 4.79 Å². The van der Waals surface area contributed by atoms with E-state index in [1.165, 1.54) is 18.7 Å². The van der Waals surface area contributed by atoms with Crippen molar-refractivity contribution in [3.63, 3.8) is 0 Å². The third-order valence-electron chi connectivity index (χ3n) is 5.54. The molecule has 5 heteroatoms. The molecule has 132 valence electrons. The molecule has 2 aromatic rings. The maximum Gasteiger partial charge on any atom is 0.306 e. The van der Waals surface area contributed by atoms with Gasteiger partial charge in [-0.15, -0.1) is 0 Å². The van der Waals surface area contributed by atoms with Crippen LogP contribution in [-0.4, -0.2) is 26.7 Å². The molecule has 0 atom stereocenters. The van der Waals surface area contributed by atoms with Gasteiger partial charge in [0.2, 0.25) is 0 Å². The highest BCUT2D eigenvalue weighted by Gasteiger charge is 2.25. The maximum atomic E-state index is 11.0. The van der Waals surface area contributed by atoms with Crippen molar-refractivity contribution in [3.8, 4) is 11.3 Å². The number of hydrogen-bond acceptors (Lipinski definition) is 3. The predicted molar refractivity (Wildman–Crippen MR) is 97.6 cm³/mol. The van der Waals surface area contributed by atoms with Crippen LogP contribution in [0, 0.1) is 5.92 Å². The van der Waals surface area contributed by atoms with Crippen molar-refractivity contribution in [2.24, 2.45) is 5.92 Å². The van der Waals surface area contributed by atoms with Crippen molar-refractivity contribution in [2.45, 2.75) is 57.5 Å². The molecule has 1 saturated carbocycles. The Balaban J connectivity index is 1.39. The summed E-state index contributed by atoms with van der Waals surface area (Å²) >= 11 is 0. The Morgan fingerprint density at radius 2 is 1.88 bits per heavy atom. The van der Waals surface area contributed by atoms with E-state index in [9.17, 15) is 4.79 Å². The summed E-state index contributed by atoms with van der Waals surface area (Å²) in [5.41, 5.74) is 3.32. The fourth-order valence-electron chi connectivity index (χ4n) is 4.01. The van der Waals surface area contributed by atoms with Gasteiger partial charge in [-0.05, 0) is 50.7 Å². The zero-order valence-corrected chi connectivity index (χ0v) is 14.4. The number of nitrogens with zero attached hydrogens (tertiary/aromatic N) is 2. The molecule has 0 unspecified atom stereocenters. The van der Waals surface area contributed by atoms with Gasteiger partial charge in [0.15, 0.2) is 0 Å². The number of imidazole rings is 1. The van der Waals surface area contributed by atoms with E-state index in [4.69, 9.17) is 10.1 Å². The molecule has 1 aromatic heterocycles. The lowest BCUT2D eigenvalue weighted by Gasteiger charge is -2.27. The summed E-state index contributed by atoms with van der Waals surface area (Å²) in [6.07, 6.45) is 9.12. The van der Waals surface area contributed by atoms with E-state index < -0.39 is 5.97 Å². The normalized spacial score (nSPS) is 23.0. The van der Waals surface area contributed by atoms with Crippen LogP contribution in [0.3, 0.4) is 0 Å². The zero-order valence-electron chi connectivity index (χ0n) is 14.4. The molecule has 0 saturated heterocycles. The topological polar surface area (TPSA) is 67.2 Å². The average Bonchev–Trinajstić information content (AvgIpc) is 3.07. The molecule has 2 heterocycles. The molecule has 1 aliphatic carbocycles. The van der Waals surface area contributed by atoms with E-state index in [-0.39, 0.29) is 5.92 Å². The molecule has 2 aliphatic rings. The molecule has 0 bridgehead atoms. The summed E-state index contributed by atoms with van der Waals surface area (Å²) < 4.78 is 2.28. The van der Waals surface area contributed by atoms with Crippen molar-refractivity contribution in [1.29, 1.82) is 0 Å². The highest BCUT2D eigenvalue weighted by molar-refractivity contribution is 5.70. The van der Waals surface area contributed by atoms with Crippen LogP contribution in [0.2, 0.25) is 0 Å². The van der Waals surface area contributed by atoms with Crippen LogP contribution in [-0.2, 0) is 17.8 Å². The van der Waals surface area contributed by atoms with Crippen LogP contribution in [0.15, 0.2) is 30.5 Å². The molecular weight excluding hydrogens is 314 g/mol. The van der Waals surface area contributed by atoms with Gasteiger partial charge >= 0.3 is 5.97 Å². The highest BCUT2D eigenvalue weighted by atomic mass is 16.4. The summed E-state index contributed by atoms with van der Waals surface area (Å²) in [6, 6.07) is 8.84. The molecule has 2 N–H and O–H groups in total. The van der Waals surface area contributed by atoms with Gasteiger partial charge < -0.3 is 15.0 Å². The quantitative estimate of drug-likeness (QED) is 0.885. The number of hydrogen-bond donors (Lipinski definition) is 2. The van der Waals surface area contributed by atoms with Gasteiger partial charge in [0.05, 0.1) is 11.6 Å². The van der Waals surface area contributed by atoms with Crippen LogP contribution in [0.1, 0.15) is 44.3 Å². The van der Waals surface area contributed by atoms with Crippen molar-refractivity contribution >= 4 is 11.7 Å². The number of benzene rings is 1. The second kappa shape index (κ2) is 6.90. The Hall–Kier alpha value is -2.30. The van der Waals surface area contributed by atoms with Gasteiger partial charge in [0, 0.05) is 36.5 Å². The second-order valence-corrected chi connectivity index (χ2v) is 7.30. The number of aliphatic carboxylic acids is 1. The van der Waals surface area contributed by atoms with E-state index in [0.29, 0.717) is 6.04 Å². The Morgan fingerprint density at radius 1 is 1.12 bits per heavy atom. The Bertz CT molecular complexity index is 719. The van der Waals surface area contributed by atoms with Gasteiger partial charge in [-0.2, -0.15) is 0 Å². The standard InChI is InChI=1S/C20H25N3O2/c24-20(25)15-6-10-17(11-7-15)21-16-8-4-14(5-9-16)18-13-23-12-2-1-3-19(23)22-18/h4-5,8-9,13,15,17,21H,1-3,6-7,10-12H2,(H,24,25). The molecule has 25 heavy (non-hydrogen) atoms. The van der Waals surface area contributed by atoms with Crippen molar-refractivity contribution in [1.82, 2.24) is 9.55 Å². The molecule has 1 aliphatic heterocycles. The lowest BCUT2D eigenvalue weighted by Crippen LogP contribution is -2.29. The van der Waals surface area contributed by atoms with Crippen molar-refractivity contribution in [3.05, 3.63) is 36.3 Å². The number of aromatic nitrogens is 2. The first-order valence-electron chi connectivity index (χ1n) is 9.35. The van der Waals surface area contributed by atoms with Gasteiger partial charge in [-0.25, -0.2) is 4.98 Å². The van der Waals surface area contributed by atoms with Crippen LogP contribution < -0.4 is 5.32 Å². The number of carboxylic acid groups (broad SMARTS) is 1. The first-order chi connectivity index (χ1) is 12.2. The lowest BCUT2D eigenvalue weighted by atomic mass is 9.86. The summed E-state index contributed by atoms with van der Waals surface area (Å²) in [4.78, 5) is 15.8. The van der Waals surface area contributed by atoms with E-state index in [0.717, 1.165) is 55.6 Å². The predicted octanol–water partition coefficient (Wildman–Crippen LogP) is 3.94. The molecule has 0 radical (unpaired) electrons. The summed E-state index contributed by atoms with van der Waals surface area (Å²) in [6.45, 7) is 1.08. The number of carboxylic acids is 1. The summed E-state index contributed by atoms with van der Waals surface area (Å²) in [5, 5.41) is 12.6.